The number of thiophene rings is 1. The summed E-state index contributed by atoms with van der Waals surface area (Å²) in [5.74, 6) is 0.0790. The number of carbonyl (C=O) groups excluding carboxylic acids is 1. The first-order valence-corrected chi connectivity index (χ1v) is 9.49. The highest BCUT2D eigenvalue weighted by Crippen LogP contribution is 2.26. The molecule has 0 radical (unpaired) electrons. The molecule has 0 aliphatic carbocycles. The van der Waals surface area contributed by atoms with Gasteiger partial charge in [-0.3, -0.25) is 4.79 Å². The van der Waals surface area contributed by atoms with Gasteiger partial charge in [0.05, 0.1) is 20.7 Å². The minimum absolute atomic E-state index is 0.150. The molecule has 0 aliphatic heterocycles. The summed E-state index contributed by atoms with van der Waals surface area (Å²) in [5.41, 5.74) is 1.43. The van der Waals surface area contributed by atoms with Gasteiger partial charge in [0.1, 0.15) is 10.7 Å². The third kappa shape index (κ3) is 4.48. The van der Waals surface area contributed by atoms with Crippen LogP contribution in [0.5, 0.6) is 0 Å². The van der Waals surface area contributed by atoms with Crippen LogP contribution in [-0.4, -0.2) is 21.9 Å². The fraction of sp³-hybridized carbons (Fsp3) is 0.0625. The largest absolute Gasteiger partial charge is 0.325 e. The standard InChI is InChI=1S/C16H11Cl2N3OS2/c17-11-4-3-10(8-12(11)18)19-15(22)9-24-16-6-5-13(20-21-16)14-2-1-7-23-14/h1-8H,9H2,(H,19,22). The molecular formula is C16H11Cl2N3OS2. The van der Waals surface area contributed by atoms with Gasteiger partial charge in [-0.1, -0.05) is 41.0 Å². The van der Waals surface area contributed by atoms with Crippen molar-refractivity contribution in [3.8, 4) is 10.6 Å². The number of halogens is 2. The van der Waals surface area contributed by atoms with Crippen molar-refractivity contribution >= 4 is 57.9 Å². The number of carbonyl (C=O) groups is 1. The highest BCUT2D eigenvalue weighted by Gasteiger charge is 2.07. The molecule has 0 atom stereocenters. The van der Waals surface area contributed by atoms with Crippen LogP contribution in [0.2, 0.25) is 10.0 Å². The fourth-order valence-corrected chi connectivity index (χ4v) is 3.47. The lowest BCUT2D eigenvalue weighted by Crippen LogP contribution is -2.14. The molecule has 0 fully saturated rings. The van der Waals surface area contributed by atoms with E-state index in [-0.39, 0.29) is 11.7 Å². The predicted octanol–water partition coefficient (Wildman–Crippen LogP) is 5.24. The van der Waals surface area contributed by atoms with Crippen LogP contribution >= 0.6 is 46.3 Å². The summed E-state index contributed by atoms with van der Waals surface area (Å²) < 4.78 is 0. The quantitative estimate of drug-likeness (QED) is 0.599. The number of amides is 1. The van der Waals surface area contributed by atoms with E-state index < -0.39 is 0 Å². The smallest absolute Gasteiger partial charge is 0.234 e. The molecule has 1 N–H and O–H groups in total. The molecule has 0 saturated heterocycles. The molecular weight excluding hydrogens is 385 g/mol. The first-order valence-electron chi connectivity index (χ1n) is 6.87. The lowest BCUT2D eigenvalue weighted by Gasteiger charge is -2.06. The summed E-state index contributed by atoms with van der Waals surface area (Å²) in [7, 11) is 0. The average molecular weight is 396 g/mol. The third-order valence-electron chi connectivity index (χ3n) is 2.97. The van der Waals surface area contributed by atoms with E-state index in [1.54, 1.807) is 29.5 Å². The Morgan fingerprint density at radius 1 is 1.12 bits per heavy atom. The normalized spacial score (nSPS) is 10.6. The first kappa shape index (κ1) is 17.2. The van der Waals surface area contributed by atoms with Gasteiger partial charge in [0.15, 0.2) is 0 Å². The molecule has 3 aromatic rings. The van der Waals surface area contributed by atoms with Crippen LogP contribution in [0, 0.1) is 0 Å². The molecule has 0 aliphatic rings. The van der Waals surface area contributed by atoms with Gasteiger partial charge in [-0.15, -0.1) is 21.5 Å². The maximum Gasteiger partial charge on any atom is 0.234 e. The molecule has 0 bridgehead atoms. The Bertz CT molecular complexity index is 839. The zero-order chi connectivity index (χ0) is 16.9. The van der Waals surface area contributed by atoms with Gasteiger partial charge in [0, 0.05) is 5.69 Å². The summed E-state index contributed by atoms with van der Waals surface area (Å²) in [4.78, 5) is 13.0. The van der Waals surface area contributed by atoms with Crippen molar-refractivity contribution in [1.29, 1.82) is 0 Å². The molecule has 122 valence electrons. The van der Waals surface area contributed by atoms with Crippen LogP contribution in [-0.2, 0) is 4.79 Å². The number of anilines is 1. The van der Waals surface area contributed by atoms with E-state index in [2.05, 4.69) is 15.5 Å². The molecule has 24 heavy (non-hydrogen) atoms. The zero-order valence-corrected chi connectivity index (χ0v) is 15.3. The second kappa shape index (κ2) is 7.98. The number of rotatable bonds is 5. The maximum atomic E-state index is 12.0. The van der Waals surface area contributed by atoms with E-state index in [9.17, 15) is 4.79 Å². The van der Waals surface area contributed by atoms with Crippen LogP contribution in [0.25, 0.3) is 10.6 Å². The first-order chi connectivity index (χ1) is 11.6. The van der Waals surface area contributed by atoms with E-state index in [1.807, 2.05) is 29.6 Å². The molecule has 3 rings (SSSR count). The minimum Gasteiger partial charge on any atom is -0.325 e. The summed E-state index contributed by atoms with van der Waals surface area (Å²) in [5, 5.41) is 14.6. The molecule has 0 saturated carbocycles. The van der Waals surface area contributed by atoms with Crippen molar-refractivity contribution in [3.05, 3.63) is 57.9 Å². The summed E-state index contributed by atoms with van der Waals surface area (Å²) in [6, 6.07) is 12.7. The lowest BCUT2D eigenvalue weighted by atomic mass is 10.3. The Labute approximate surface area is 157 Å². The van der Waals surface area contributed by atoms with Crippen molar-refractivity contribution in [2.24, 2.45) is 0 Å². The van der Waals surface area contributed by atoms with Crippen LogP contribution in [0.15, 0.2) is 52.9 Å². The number of aromatic nitrogens is 2. The molecule has 1 amide bonds. The van der Waals surface area contributed by atoms with E-state index in [4.69, 9.17) is 23.2 Å². The molecule has 8 heteroatoms. The number of hydrogen-bond acceptors (Lipinski definition) is 5. The van der Waals surface area contributed by atoms with Gasteiger partial charge in [-0.05, 0) is 41.8 Å². The van der Waals surface area contributed by atoms with E-state index in [0.717, 1.165) is 10.6 Å². The Morgan fingerprint density at radius 3 is 2.67 bits per heavy atom. The molecule has 1 aromatic carbocycles. The van der Waals surface area contributed by atoms with Gasteiger partial charge in [0.25, 0.3) is 0 Å². The van der Waals surface area contributed by atoms with Gasteiger partial charge in [-0.25, -0.2) is 0 Å². The van der Waals surface area contributed by atoms with Crippen molar-refractivity contribution in [2.45, 2.75) is 5.03 Å². The Hall–Kier alpha value is -1.60. The molecule has 2 heterocycles. The van der Waals surface area contributed by atoms with E-state index in [1.165, 1.54) is 11.8 Å². The van der Waals surface area contributed by atoms with Crippen molar-refractivity contribution < 1.29 is 4.79 Å². The number of nitrogens with zero attached hydrogens (tertiary/aromatic N) is 2. The van der Waals surface area contributed by atoms with Gasteiger partial charge < -0.3 is 5.32 Å². The zero-order valence-electron chi connectivity index (χ0n) is 12.2. The maximum absolute atomic E-state index is 12.0. The minimum atomic E-state index is -0.150. The van der Waals surface area contributed by atoms with E-state index >= 15 is 0 Å². The second-order valence-electron chi connectivity index (χ2n) is 4.70. The number of hydrogen-bond donors (Lipinski definition) is 1. The number of thioether (sulfide) groups is 1. The predicted molar refractivity (Wildman–Crippen MR) is 101 cm³/mol. The summed E-state index contributed by atoms with van der Waals surface area (Å²) in [6.45, 7) is 0. The second-order valence-corrected chi connectivity index (χ2v) is 7.46. The van der Waals surface area contributed by atoms with Crippen molar-refractivity contribution in [1.82, 2.24) is 10.2 Å². The fourth-order valence-electron chi connectivity index (χ4n) is 1.86. The van der Waals surface area contributed by atoms with Crippen molar-refractivity contribution in [3.63, 3.8) is 0 Å². The lowest BCUT2D eigenvalue weighted by molar-refractivity contribution is -0.113. The van der Waals surface area contributed by atoms with Crippen LogP contribution in [0.3, 0.4) is 0 Å². The monoisotopic (exact) mass is 395 g/mol. The van der Waals surface area contributed by atoms with E-state index in [0.29, 0.717) is 20.8 Å². The van der Waals surface area contributed by atoms with Crippen LogP contribution in [0.1, 0.15) is 0 Å². The Balaban J connectivity index is 1.55. The highest BCUT2D eigenvalue weighted by molar-refractivity contribution is 7.99. The number of nitrogens with one attached hydrogen (secondary N) is 1. The average Bonchev–Trinajstić information content (AvgIpc) is 3.11. The molecule has 4 nitrogen and oxygen atoms in total. The topological polar surface area (TPSA) is 54.9 Å². The van der Waals surface area contributed by atoms with Gasteiger partial charge >= 0.3 is 0 Å². The Kier molecular flexibility index (Phi) is 5.73. The summed E-state index contributed by atoms with van der Waals surface area (Å²) in [6.07, 6.45) is 0. The highest BCUT2D eigenvalue weighted by atomic mass is 35.5. The SMILES string of the molecule is O=C(CSc1ccc(-c2cccs2)nn1)Nc1ccc(Cl)c(Cl)c1. The Morgan fingerprint density at radius 2 is 2.00 bits per heavy atom. The van der Waals surface area contributed by atoms with Gasteiger partial charge in [0.2, 0.25) is 5.91 Å². The number of benzene rings is 1. The van der Waals surface area contributed by atoms with Gasteiger partial charge in [-0.2, -0.15) is 0 Å². The van der Waals surface area contributed by atoms with Crippen LogP contribution in [0.4, 0.5) is 5.69 Å². The third-order valence-corrected chi connectivity index (χ3v) is 5.52. The molecule has 0 spiro atoms. The molecule has 2 aromatic heterocycles. The van der Waals surface area contributed by atoms with Crippen LogP contribution < -0.4 is 5.32 Å². The summed E-state index contributed by atoms with van der Waals surface area (Å²) >= 11 is 14.7. The van der Waals surface area contributed by atoms with Crippen molar-refractivity contribution in [2.75, 3.05) is 11.1 Å². The molecule has 0 unspecified atom stereocenters.